The highest BCUT2D eigenvalue weighted by molar-refractivity contribution is 5.91. The van der Waals surface area contributed by atoms with Crippen LogP contribution in [0.3, 0.4) is 0 Å². The molecule has 11 nitrogen and oxygen atoms in total. The van der Waals surface area contributed by atoms with Gasteiger partial charge in [-0.3, -0.25) is 14.6 Å². The van der Waals surface area contributed by atoms with Gasteiger partial charge in [0, 0.05) is 25.1 Å². The second-order valence-corrected chi connectivity index (χ2v) is 11.5. The normalized spacial score (nSPS) is 18.2. The topological polar surface area (TPSA) is 130 Å². The van der Waals surface area contributed by atoms with Crippen LogP contribution in [0, 0.1) is 0 Å². The minimum absolute atomic E-state index is 0.0472. The predicted molar refractivity (Wildman–Crippen MR) is 175 cm³/mol. The van der Waals surface area contributed by atoms with Gasteiger partial charge < -0.3 is 25.3 Å². The van der Waals surface area contributed by atoms with E-state index in [4.69, 9.17) is 4.98 Å². The average Bonchev–Trinajstić information content (AvgIpc) is 3.07. The number of nitrogens with zero attached hydrogens (tertiary/aromatic N) is 5. The van der Waals surface area contributed by atoms with Crippen LogP contribution in [-0.2, 0) is 29.1 Å². The molecular weight excluding hydrogens is 596 g/mol. The highest BCUT2D eigenvalue weighted by Crippen LogP contribution is 2.31. The molecule has 0 unspecified atom stereocenters. The Kier molecular flexibility index (Phi) is 9.16. The number of pyridine rings is 1. The molecule has 2 fully saturated rings. The lowest BCUT2D eigenvalue weighted by atomic mass is 9.98. The van der Waals surface area contributed by atoms with E-state index in [0.717, 1.165) is 11.1 Å². The molecule has 6 rings (SSSR count). The second-order valence-electron chi connectivity index (χ2n) is 11.5. The van der Waals surface area contributed by atoms with Gasteiger partial charge in [0.1, 0.15) is 23.7 Å². The summed E-state index contributed by atoms with van der Waals surface area (Å²) in [6.45, 7) is 4.42. The largest absolute Gasteiger partial charge is 0.508 e. The van der Waals surface area contributed by atoms with Crippen molar-refractivity contribution in [3.05, 3.63) is 127 Å². The molecule has 3 heterocycles. The Hall–Kier alpha value is -5.68. The number of nitrogens with one attached hydrogen (secondary N) is 1. The van der Waals surface area contributed by atoms with Crippen molar-refractivity contribution in [2.45, 2.75) is 31.7 Å². The molecule has 2 aliphatic rings. The average molecular weight is 633 g/mol. The number of fused-ring (bicyclic) bond motifs is 1. The molecule has 11 heteroatoms. The van der Waals surface area contributed by atoms with Crippen LogP contribution in [0.2, 0.25) is 0 Å². The summed E-state index contributed by atoms with van der Waals surface area (Å²) in [6, 6.07) is 27.0. The lowest BCUT2D eigenvalue weighted by molar-refractivity contribution is -0.189. The van der Waals surface area contributed by atoms with Crippen LogP contribution in [0.1, 0.15) is 16.8 Å². The Balaban J connectivity index is 1.35. The van der Waals surface area contributed by atoms with E-state index in [0.29, 0.717) is 17.0 Å². The van der Waals surface area contributed by atoms with Crippen LogP contribution in [0.4, 0.5) is 4.79 Å². The van der Waals surface area contributed by atoms with Crippen LogP contribution in [-0.4, -0.2) is 84.7 Å². The molecule has 1 aromatic heterocycles. The number of phenolic OH excluding ortho intramolecular Hbond substituents is 2. The number of amides is 4. The fraction of sp³-hybridized carbons (Fsp3) is 0.222. The number of hydrogen-bond acceptors (Lipinski definition) is 7. The maximum atomic E-state index is 14.3. The summed E-state index contributed by atoms with van der Waals surface area (Å²) in [6.07, 6.45) is 1.01. The SMILES string of the molecule is C=CCN1CC(=O)N2[C@@H](Cc3ccc(O)cc3)C(=O)N(Cc3cccc(-c4ccccc4O)n3)C[C@@H]2N1C(=O)NCc1ccccc1. The first kappa shape index (κ1) is 31.3. The molecule has 0 spiro atoms. The number of aromatic hydroxyl groups is 2. The van der Waals surface area contributed by atoms with Crippen molar-refractivity contribution in [1.29, 1.82) is 0 Å². The summed E-state index contributed by atoms with van der Waals surface area (Å²) in [5.74, 6) is -0.371. The zero-order valence-corrected chi connectivity index (χ0v) is 25.8. The number of carbonyl (C=O) groups is 3. The van der Waals surface area contributed by atoms with E-state index in [-0.39, 0.29) is 62.5 Å². The van der Waals surface area contributed by atoms with Crippen LogP contribution in [0.25, 0.3) is 11.3 Å². The summed E-state index contributed by atoms with van der Waals surface area (Å²) in [4.78, 5) is 49.9. The number of para-hydroxylation sites is 1. The lowest BCUT2D eigenvalue weighted by Gasteiger charge is -2.55. The third-order valence-corrected chi connectivity index (χ3v) is 8.37. The maximum Gasteiger partial charge on any atom is 0.334 e. The maximum absolute atomic E-state index is 14.3. The lowest BCUT2D eigenvalue weighted by Crippen LogP contribution is -2.76. The van der Waals surface area contributed by atoms with Crippen molar-refractivity contribution in [3.8, 4) is 22.8 Å². The molecule has 2 aliphatic heterocycles. The van der Waals surface area contributed by atoms with Gasteiger partial charge in [0.25, 0.3) is 0 Å². The fourth-order valence-electron chi connectivity index (χ4n) is 6.16. The molecule has 4 aromatic rings. The first-order valence-corrected chi connectivity index (χ1v) is 15.4. The van der Waals surface area contributed by atoms with Crippen molar-refractivity contribution < 1.29 is 24.6 Å². The van der Waals surface area contributed by atoms with Gasteiger partial charge in [-0.15, -0.1) is 6.58 Å². The zero-order valence-electron chi connectivity index (χ0n) is 25.8. The summed E-state index contributed by atoms with van der Waals surface area (Å²) >= 11 is 0. The Labute approximate surface area is 272 Å². The first-order chi connectivity index (χ1) is 22.8. The molecule has 240 valence electrons. The van der Waals surface area contributed by atoms with E-state index in [1.807, 2.05) is 42.5 Å². The number of piperazine rings is 1. The van der Waals surface area contributed by atoms with Crippen LogP contribution >= 0.6 is 0 Å². The Morgan fingerprint density at radius 3 is 2.40 bits per heavy atom. The third kappa shape index (κ3) is 6.80. The van der Waals surface area contributed by atoms with Crippen molar-refractivity contribution in [2.75, 3.05) is 19.6 Å². The number of benzene rings is 3. The third-order valence-electron chi connectivity index (χ3n) is 8.37. The van der Waals surface area contributed by atoms with Gasteiger partial charge in [0.05, 0.1) is 31.0 Å². The van der Waals surface area contributed by atoms with E-state index in [1.54, 1.807) is 70.6 Å². The number of rotatable bonds is 9. The minimum Gasteiger partial charge on any atom is -0.508 e. The number of urea groups is 1. The number of phenols is 2. The molecule has 0 saturated carbocycles. The number of hydrazine groups is 1. The van der Waals surface area contributed by atoms with Gasteiger partial charge in [0.2, 0.25) is 11.8 Å². The van der Waals surface area contributed by atoms with Crippen molar-refractivity contribution in [3.63, 3.8) is 0 Å². The molecule has 2 saturated heterocycles. The number of aromatic nitrogens is 1. The Morgan fingerprint density at radius 1 is 0.915 bits per heavy atom. The van der Waals surface area contributed by atoms with Gasteiger partial charge in [-0.2, -0.15) is 0 Å². The van der Waals surface area contributed by atoms with Gasteiger partial charge in [-0.25, -0.2) is 14.8 Å². The highest BCUT2D eigenvalue weighted by atomic mass is 16.3. The number of hydrogen-bond donors (Lipinski definition) is 3. The monoisotopic (exact) mass is 632 g/mol. The standard InChI is InChI=1S/C36H36N6O5/c1-2-19-40-24-34(45)41-31(20-25-15-17-28(43)18-16-25)35(46)39(22-27-11-8-13-30(38-27)29-12-6-7-14-32(29)44)23-33(41)42(40)36(47)37-21-26-9-4-3-5-10-26/h2-18,31,33,43-44H,1,19-24H2,(H,37,47)/t31-,33-/m0/s1. The van der Waals surface area contributed by atoms with Crippen molar-refractivity contribution in [2.24, 2.45) is 0 Å². The molecule has 4 amide bonds. The summed E-state index contributed by atoms with van der Waals surface area (Å²) in [7, 11) is 0. The predicted octanol–water partition coefficient (Wildman–Crippen LogP) is 3.90. The van der Waals surface area contributed by atoms with Gasteiger partial charge in [-0.05, 0) is 47.5 Å². The molecule has 2 atom stereocenters. The van der Waals surface area contributed by atoms with E-state index in [1.165, 1.54) is 9.91 Å². The Morgan fingerprint density at radius 2 is 1.66 bits per heavy atom. The summed E-state index contributed by atoms with van der Waals surface area (Å²) in [5.41, 5.74) is 3.38. The second kappa shape index (κ2) is 13.8. The van der Waals surface area contributed by atoms with Gasteiger partial charge in [0.15, 0.2) is 0 Å². The number of carbonyl (C=O) groups excluding carboxylic acids is 3. The molecule has 3 N–H and O–H groups in total. The van der Waals surface area contributed by atoms with E-state index < -0.39 is 18.2 Å². The van der Waals surface area contributed by atoms with E-state index >= 15 is 0 Å². The zero-order chi connectivity index (χ0) is 32.9. The van der Waals surface area contributed by atoms with Crippen LogP contribution < -0.4 is 5.32 Å². The van der Waals surface area contributed by atoms with Crippen LogP contribution in [0.5, 0.6) is 11.5 Å². The van der Waals surface area contributed by atoms with Crippen molar-refractivity contribution in [1.82, 2.24) is 30.1 Å². The summed E-state index contributed by atoms with van der Waals surface area (Å²) < 4.78 is 0. The molecule has 3 aromatic carbocycles. The highest BCUT2D eigenvalue weighted by Gasteiger charge is 2.51. The molecule has 47 heavy (non-hydrogen) atoms. The van der Waals surface area contributed by atoms with Crippen LogP contribution in [0.15, 0.2) is 110 Å². The molecular formula is C36H36N6O5. The first-order valence-electron chi connectivity index (χ1n) is 15.4. The minimum atomic E-state index is -0.914. The molecule has 0 bridgehead atoms. The summed E-state index contributed by atoms with van der Waals surface area (Å²) in [5, 5.41) is 26.4. The fourth-order valence-corrected chi connectivity index (χ4v) is 6.16. The van der Waals surface area contributed by atoms with E-state index in [9.17, 15) is 24.6 Å². The van der Waals surface area contributed by atoms with Gasteiger partial charge >= 0.3 is 6.03 Å². The molecule has 0 aliphatic carbocycles. The smallest absolute Gasteiger partial charge is 0.334 e. The quantitative estimate of drug-likeness (QED) is 0.239. The van der Waals surface area contributed by atoms with E-state index in [2.05, 4.69) is 11.9 Å². The van der Waals surface area contributed by atoms with Gasteiger partial charge in [-0.1, -0.05) is 66.7 Å². The van der Waals surface area contributed by atoms with Crippen molar-refractivity contribution >= 4 is 17.8 Å². The Bertz CT molecular complexity index is 1770. The molecule has 0 radical (unpaired) electrons.